The summed E-state index contributed by atoms with van der Waals surface area (Å²) in [6, 6.07) is 6.34. The highest BCUT2D eigenvalue weighted by molar-refractivity contribution is 5.54. The van der Waals surface area contributed by atoms with Gasteiger partial charge in [-0.15, -0.1) is 0 Å². The highest BCUT2D eigenvalue weighted by Crippen LogP contribution is 2.33. The van der Waals surface area contributed by atoms with Gasteiger partial charge < -0.3 is 15.7 Å². The van der Waals surface area contributed by atoms with Gasteiger partial charge >= 0.3 is 0 Å². The number of rotatable bonds is 4. The van der Waals surface area contributed by atoms with Crippen molar-refractivity contribution in [3.05, 3.63) is 23.8 Å². The molecule has 0 heterocycles. The van der Waals surface area contributed by atoms with Gasteiger partial charge in [0, 0.05) is 36.4 Å². The number of anilines is 1. The Kier molecular flexibility index (Phi) is 4.92. The normalized spacial score (nSPS) is 24.4. The van der Waals surface area contributed by atoms with E-state index in [4.69, 9.17) is 5.73 Å². The first kappa shape index (κ1) is 15.2. The number of aromatic hydroxyl groups is 1. The van der Waals surface area contributed by atoms with Crippen molar-refractivity contribution in [2.24, 2.45) is 11.7 Å². The lowest BCUT2D eigenvalue weighted by atomic mass is 9.84. The Labute approximate surface area is 122 Å². The Morgan fingerprint density at radius 2 is 1.95 bits per heavy atom. The van der Waals surface area contributed by atoms with Crippen LogP contribution in [0.15, 0.2) is 18.2 Å². The maximum absolute atomic E-state index is 10.1. The average Bonchev–Trinajstić information content (AvgIpc) is 2.46. The van der Waals surface area contributed by atoms with Crippen LogP contribution in [0.4, 0.5) is 5.69 Å². The van der Waals surface area contributed by atoms with Gasteiger partial charge in [0.15, 0.2) is 0 Å². The smallest absolute Gasteiger partial charge is 0.122 e. The van der Waals surface area contributed by atoms with Crippen LogP contribution in [-0.2, 0) is 0 Å². The summed E-state index contributed by atoms with van der Waals surface area (Å²) in [5, 5.41) is 10.1. The molecular weight excluding hydrogens is 248 g/mol. The second-order valence-electron chi connectivity index (χ2n) is 6.23. The molecule has 1 aliphatic rings. The van der Waals surface area contributed by atoms with Gasteiger partial charge in [-0.1, -0.05) is 19.4 Å². The van der Waals surface area contributed by atoms with Crippen molar-refractivity contribution >= 4 is 5.69 Å². The molecule has 3 nitrogen and oxygen atoms in total. The molecule has 1 atom stereocenters. The molecule has 1 saturated carbocycles. The molecule has 0 aromatic heterocycles. The number of phenols is 1. The zero-order chi connectivity index (χ0) is 14.7. The molecule has 1 fully saturated rings. The third kappa shape index (κ3) is 3.26. The molecule has 0 bridgehead atoms. The fraction of sp³-hybridized carbons (Fsp3) is 0.647. The van der Waals surface area contributed by atoms with Crippen molar-refractivity contribution in [3.63, 3.8) is 0 Å². The molecule has 0 amide bonds. The molecule has 0 spiro atoms. The number of hydrogen-bond donors (Lipinski definition) is 2. The molecule has 112 valence electrons. The fourth-order valence-electron chi connectivity index (χ4n) is 3.29. The molecule has 1 aliphatic carbocycles. The van der Waals surface area contributed by atoms with Crippen molar-refractivity contribution in [3.8, 4) is 5.75 Å². The lowest BCUT2D eigenvalue weighted by Gasteiger charge is -2.36. The molecular formula is C17H28N2O. The van der Waals surface area contributed by atoms with E-state index in [9.17, 15) is 5.11 Å². The second kappa shape index (κ2) is 6.49. The van der Waals surface area contributed by atoms with Crippen LogP contribution in [0, 0.1) is 5.92 Å². The monoisotopic (exact) mass is 276 g/mol. The Bertz CT molecular complexity index is 437. The number of phenolic OH excluding ortho intramolecular Hbond substituents is 1. The standard InChI is InChI=1S/C17H28N2O/c1-4-13-5-7-14(8-6-13)19(3)15-9-10-16(12(2)18)17(20)11-15/h9-14,20H,4-8,18H2,1-3H3. The van der Waals surface area contributed by atoms with Crippen LogP contribution in [0.1, 0.15) is 57.6 Å². The largest absolute Gasteiger partial charge is 0.508 e. The van der Waals surface area contributed by atoms with Gasteiger partial charge in [-0.3, -0.25) is 0 Å². The summed E-state index contributed by atoms with van der Waals surface area (Å²) in [6.45, 7) is 4.18. The van der Waals surface area contributed by atoms with Gasteiger partial charge in [0.05, 0.1) is 0 Å². The van der Waals surface area contributed by atoms with Crippen LogP contribution in [-0.4, -0.2) is 18.2 Å². The van der Waals surface area contributed by atoms with Crippen LogP contribution in [0.2, 0.25) is 0 Å². The minimum Gasteiger partial charge on any atom is -0.508 e. The SMILES string of the molecule is CCC1CCC(N(C)c2ccc(C(C)N)c(O)c2)CC1. The summed E-state index contributed by atoms with van der Waals surface area (Å²) >= 11 is 0. The van der Waals surface area contributed by atoms with Gasteiger partial charge in [0.2, 0.25) is 0 Å². The van der Waals surface area contributed by atoms with Gasteiger partial charge in [0.25, 0.3) is 0 Å². The van der Waals surface area contributed by atoms with E-state index < -0.39 is 0 Å². The molecule has 20 heavy (non-hydrogen) atoms. The van der Waals surface area contributed by atoms with Crippen LogP contribution < -0.4 is 10.6 Å². The van der Waals surface area contributed by atoms with E-state index >= 15 is 0 Å². The van der Waals surface area contributed by atoms with Gasteiger partial charge in [-0.05, 0) is 44.6 Å². The van der Waals surface area contributed by atoms with E-state index in [0.717, 1.165) is 17.2 Å². The molecule has 1 aromatic carbocycles. The van der Waals surface area contributed by atoms with E-state index in [1.807, 2.05) is 19.1 Å². The lowest BCUT2D eigenvalue weighted by Crippen LogP contribution is -2.35. The molecule has 2 rings (SSSR count). The first-order chi connectivity index (χ1) is 9.52. The van der Waals surface area contributed by atoms with E-state index in [1.54, 1.807) is 0 Å². The van der Waals surface area contributed by atoms with Crippen molar-refractivity contribution in [2.75, 3.05) is 11.9 Å². The molecule has 1 unspecified atom stereocenters. The van der Waals surface area contributed by atoms with Gasteiger partial charge in [-0.2, -0.15) is 0 Å². The Morgan fingerprint density at radius 3 is 2.45 bits per heavy atom. The van der Waals surface area contributed by atoms with Gasteiger partial charge in [-0.25, -0.2) is 0 Å². The van der Waals surface area contributed by atoms with Crippen molar-refractivity contribution < 1.29 is 5.11 Å². The number of nitrogens with zero attached hydrogens (tertiary/aromatic N) is 1. The molecule has 0 aliphatic heterocycles. The molecule has 0 saturated heterocycles. The average molecular weight is 276 g/mol. The maximum atomic E-state index is 10.1. The van der Waals surface area contributed by atoms with Crippen LogP contribution in [0.3, 0.4) is 0 Å². The second-order valence-corrected chi connectivity index (χ2v) is 6.23. The van der Waals surface area contributed by atoms with E-state index in [1.165, 1.54) is 32.1 Å². The fourth-order valence-corrected chi connectivity index (χ4v) is 3.29. The number of hydrogen-bond acceptors (Lipinski definition) is 3. The molecule has 3 heteroatoms. The number of benzene rings is 1. The summed E-state index contributed by atoms with van der Waals surface area (Å²) < 4.78 is 0. The molecule has 1 aromatic rings. The minimum absolute atomic E-state index is 0.130. The van der Waals surface area contributed by atoms with Crippen LogP contribution in [0.5, 0.6) is 5.75 Å². The van der Waals surface area contributed by atoms with E-state index in [0.29, 0.717) is 11.8 Å². The highest BCUT2D eigenvalue weighted by atomic mass is 16.3. The zero-order valence-electron chi connectivity index (χ0n) is 13.0. The van der Waals surface area contributed by atoms with Crippen LogP contribution >= 0.6 is 0 Å². The first-order valence-corrected chi connectivity index (χ1v) is 7.84. The van der Waals surface area contributed by atoms with Crippen molar-refractivity contribution in [1.82, 2.24) is 0 Å². The van der Waals surface area contributed by atoms with E-state index in [-0.39, 0.29) is 6.04 Å². The van der Waals surface area contributed by atoms with Crippen molar-refractivity contribution in [2.45, 2.75) is 58.0 Å². The van der Waals surface area contributed by atoms with Gasteiger partial charge in [0.1, 0.15) is 5.75 Å². The van der Waals surface area contributed by atoms with Crippen LogP contribution in [0.25, 0.3) is 0 Å². The Balaban J connectivity index is 2.06. The summed E-state index contributed by atoms with van der Waals surface area (Å²) in [4.78, 5) is 2.32. The number of nitrogens with two attached hydrogens (primary N) is 1. The third-order valence-electron chi connectivity index (χ3n) is 4.85. The molecule has 3 N–H and O–H groups in total. The lowest BCUT2D eigenvalue weighted by molar-refractivity contribution is 0.313. The summed E-state index contributed by atoms with van der Waals surface area (Å²) in [5.74, 6) is 1.22. The quantitative estimate of drug-likeness (QED) is 0.879. The van der Waals surface area contributed by atoms with Crippen molar-refractivity contribution in [1.29, 1.82) is 0 Å². The summed E-state index contributed by atoms with van der Waals surface area (Å²) in [5.41, 5.74) is 7.75. The highest BCUT2D eigenvalue weighted by Gasteiger charge is 2.23. The predicted molar refractivity (Wildman–Crippen MR) is 85.1 cm³/mol. The minimum atomic E-state index is -0.130. The van der Waals surface area contributed by atoms with E-state index in [2.05, 4.69) is 24.9 Å². The zero-order valence-corrected chi connectivity index (χ0v) is 13.0. The molecule has 0 radical (unpaired) electrons. The summed E-state index contributed by atoms with van der Waals surface area (Å²) in [7, 11) is 2.14. The maximum Gasteiger partial charge on any atom is 0.122 e. The Morgan fingerprint density at radius 1 is 1.30 bits per heavy atom. The first-order valence-electron chi connectivity index (χ1n) is 7.84. The summed E-state index contributed by atoms with van der Waals surface area (Å²) in [6.07, 6.45) is 6.47. The Hall–Kier alpha value is -1.22. The third-order valence-corrected chi connectivity index (χ3v) is 4.85. The predicted octanol–water partition coefficient (Wildman–Crippen LogP) is 3.82. The topological polar surface area (TPSA) is 49.5 Å².